The Bertz CT molecular complexity index is 557. The number of rotatable bonds is 6. The van der Waals surface area contributed by atoms with Crippen molar-refractivity contribution in [3.05, 3.63) is 33.8 Å². The van der Waals surface area contributed by atoms with Crippen molar-refractivity contribution < 1.29 is 19.7 Å². The van der Waals surface area contributed by atoms with E-state index in [4.69, 9.17) is 33.0 Å². The molecule has 23 heavy (non-hydrogen) atoms. The Hall–Kier alpha value is -0.850. The molecule has 0 amide bonds. The zero-order valence-corrected chi connectivity index (χ0v) is 14.5. The molecule has 1 unspecified atom stereocenters. The maximum atomic E-state index is 10.9. The van der Waals surface area contributed by atoms with E-state index in [2.05, 4.69) is 0 Å². The SMILES string of the molecule is CC(O)(CN1CCC(OCc2ccc(Cl)c(Cl)c2)CC1)C(=O)O. The number of halogens is 2. The second kappa shape index (κ2) is 7.81. The van der Waals surface area contributed by atoms with E-state index in [0.29, 0.717) is 29.7 Å². The van der Waals surface area contributed by atoms with E-state index in [0.717, 1.165) is 18.4 Å². The fourth-order valence-electron chi connectivity index (χ4n) is 2.58. The summed E-state index contributed by atoms with van der Waals surface area (Å²) in [5.41, 5.74) is -0.746. The molecule has 0 bridgehead atoms. The van der Waals surface area contributed by atoms with Crippen molar-refractivity contribution in [3.8, 4) is 0 Å². The average Bonchev–Trinajstić information content (AvgIpc) is 2.49. The number of hydrogen-bond acceptors (Lipinski definition) is 4. The number of aliphatic hydroxyl groups is 1. The Morgan fingerprint density at radius 2 is 2.00 bits per heavy atom. The summed E-state index contributed by atoms with van der Waals surface area (Å²) in [4.78, 5) is 12.9. The summed E-state index contributed by atoms with van der Waals surface area (Å²) >= 11 is 11.9. The molecule has 7 heteroatoms. The number of carboxylic acids is 1. The van der Waals surface area contributed by atoms with Gasteiger partial charge in [-0.2, -0.15) is 0 Å². The molecule has 0 spiro atoms. The van der Waals surface area contributed by atoms with E-state index in [1.54, 1.807) is 12.1 Å². The van der Waals surface area contributed by atoms with Crippen molar-refractivity contribution >= 4 is 29.2 Å². The second-order valence-corrected chi connectivity index (χ2v) is 6.93. The lowest BCUT2D eigenvalue weighted by Gasteiger charge is -2.34. The van der Waals surface area contributed by atoms with Gasteiger partial charge >= 0.3 is 5.97 Å². The van der Waals surface area contributed by atoms with Crippen molar-refractivity contribution in [2.24, 2.45) is 0 Å². The highest BCUT2D eigenvalue weighted by Gasteiger charge is 2.33. The molecule has 2 rings (SSSR count). The smallest absolute Gasteiger partial charge is 0.336 e. The molecule has 1 aliphatic heterocycles. The Morgan fingerprint density at radius 1 is 1.35 bits per heavy atom. The van der Waals surface area contributed by atoms with Gasteiger partial charge in [-0.25, -0.2) is 4.79 Å². The van der Waals surface area contributed by atoms with Crippen molar-refractivity contribution in [1.82, 2.24) is 4.90 Å². The van der Waals surface area contributed by atoms with Gasteiger partial charge in [0.15, 0.2) is 5.60 Å². The van der Waals surface area contributed by atoms with Crippen LogP contribution < -0.4 is 0 Å². The lowest BCUT2D eigenvalue weighted by Crippen LogP contribution is -2.49. The van der Waals surface area contributed by atoms with Crippen LogP contribution in [0.5, 0.6) is 0 Å². The van der Waals surface area contributed by atoms with Gasteiger partial charge in [0.2, 0.25) is 0 Å². The maximum absolute atomic E-state index is 10.9. The van der Waals surface area contributed by atoms with Gasteiger partial charge in [-0.1, -0.05) is 29.3 Å². The van der Waals surface area contributed by atoms with Crippen molar-refractivity contribution in [1.29, 1.82) is 0 Å². The molecular weight excluding hydrogens is 341 g/mol. The highest BCUT2D eigenvalue weighted by Crippen LogP contribution is 2.24. The molecule has 5 nitrogen and oxygen atoms in total. The molecular formula is C16H21Cl2NO4. The molecule has 1 saturated heterocycles. The largest absolute Gasteiger partial charge is 0.479 e. The molecule has 128 valence electrons. The number of carboxylic acid groups (broad SMARTS) is 1. The van der Waals surface area contributed by atoms with E-state index < -0.39 is 11.6 Å². The van der Waals surface area contributed by atoms with Crippen LogP contribution in [0.2, 0.25) is 10.0 Å². The van der Waals surface area contributed by atoms with Crippen LogP contribution in [0.1, 0.15) is 25.3 Å². The fourth-order valence-corrected chi connectivity index (χ4v) is 2.90. The first kappa shape index (κ1) is 18.5. The summed E-state index contributed by atoms with van der Waals surface area (Å²) in [6.07, 6.45) is 1.73. The highest BCUT2D eigenvalue weighted by atomic mass is 35.5. The van der Waals surface area contributed by atoms with Crippen LogP contribution in [0.4, 0.5) is 0 Å². The van der Waals surface area contributed by atoms with Crippen LogP contribution >= 0.6 is 23.2 Å². The number of likely N-dealkylation sites (tertiary alicyclic amines) is 1. The summed E-state index contributed by atoms with van der Waals surface area (Å²) in [6.45, 7) is 3.32. The van der Waals surface area contributed by atoms with Crippen molar-refractivity contribution in [2.45, 2.75) is 38.1 Å². The molecule has 1 aliphatic rings. The number of carbonyl (C=O) groups is 1. The van der Waals surface area contributed by atoms with Gasteiger partial charge in [0.05, 0.1) is 22.8 Å². The summed E-state index contributed by atoms with van der Waals surface area (Å²) in [7, 11) is 0. The second-order valence-electron chi connectivity index (χ2n) is 6.11. The molecule has 0 aliphatic carbocycles. The molecule has 1 fully saturated rings. The highest BCUT2D eigenvalue weighted by molar-refractivity contribution is 6.42. The molecule has 0 saturated carbocycles. The van der Waals surface area contributed by atoms with Gasteiger partial charge in [0.25, 0.3) is 0 Å². The molecule has 1 aromatic rings. The number of ether oxygens (including phenoxy) is 1. The lowest BCUT2D eigenvalue weighted by atomic mass is 10.0. The minimum Gasteiger partial charge on any atom is -0.479 e. The van der Waals surface area contributed by atoms with Crippen LogP contribution in [0.3, 0.4) is 0 Å². The van der Waals surface area contributed by atoms with E-state index in [1.165, 1.54) is 6.92 Å². The molecule has 0 aromatic heterocycles. The maximum Gasteiger partial charge on any atom is 0.336 e. The Labute approximate surface area is 145 Å². The third-order valence-electron chi connectivity index (χ3n) is 4.00. The monoisotopic (exact) mass is 361 g/mol. The number of hydrogen-bond donors (Lipinski definition) is 2. The summed E-state index contributed by atoms with van der Waals surface area (Å²) in [6, 6.07) is 5.43. The van der Waals surface area contributed by atoms with Crippen LogP contribution in [0.25, 0.3) is 0 Å². The standard InChI is InChI=1S/C16H21Cl2NO4/c1-16(22,15(20)21)10-19-6-4-12(5-7-19)23-9-11-2-3-13(17)14(18)8-11/h2-3,8,12,22H,4-7,9-10H2,1H3,(H,20,21). The van der Waals surface area contributed by atoms with Gasteiger partial charge in [-0.3, -0.25) is 4.90 Å². The number of piperidine rings is 1. The molecule has 2 N–H and O–H groups in total. The normalized spacial score (nSPS) is 19.5. The zero-order chi connectivity index (χ0) is 17.0. The Kier molecular flexibility index (Phi) is 6.28. The first-order chi connectivity index (χ1) is 10.8. The third-order valence-corrected chi connectivity index (χ3v) is 4.74. The van der Waals surface area contributed by atoms with E-state index in [-0.39, 0.29) is 12.6 Å². The number of benzene rings is 1. The van der Waals surface area contributed by atoms with Crippen molar-refractivity contribution in [2.75, 3.05) is 19.6 Å². The molecule has 1 aromatic carbocycles. The molecule has 1 atom stereocenters. The predicted octanol–water partition coefficient (Wildman–Crippen LogP) is 2.81. The average molecular weight is 362 g/mol. The van der Waals surface area contributed by atoms with E-state index in [1.807, 2.05) is 11.0 Å². The van der Waals surface area contributed by atoms with Gasteiger partial charge in [-0.05, 0) is 37.5 Å². The summed E-state index contributed by atoms with van der Waals surface area (Å²) < 4.78 is 5.88. The number of nitrogens with zero attached hydrogens (tertiary/aromatic N) is 1. The minimum atomic E-state index is -1.71. The van der Waals surface area contributed by atoms with Gasteiger partial charge in [-0.15, -0.1) is 0 Å². The van der Waals surface area contributed by atoms with Gasteiger partial charge in [0.1, 0.15) is 0 Å². The Morgan fingerprint density at radius 3 is 2.57 bits per heavy atom. The van der Waals surface area contributed by atoms with Crippen molar-refractivity contribution in [3.63, 3.8) is 0 Å². The quantitative estimate of drug-likeness (QED) is 0.815. The minimum absolute atomic E-state index is 0.121. The summed E-state index contributed by atoms with van der Waals surface area (Å²) in [5, 5.41) is 19.8. The zero-order valence-electron chi connectivity index (χ0n) is 13.0. The van der Waals surface area contributed by atoms with Gasteiger partial charge in [0, 0.05) is 19.6 Å². The number of aliphatic carboxylic acids is 1. The first-order valence-electron chi connectivity index (χ1n) is 7.51. The number of β-amino-alcohol motifs (C(OH)–C–C–N with tert-alkyl or cyclic N) is 1. The fraction of sp³-hybridized carbons (Fsp3) is 0.562. The summed E-state index contributed by atoms with van der Waals surface area (Å²) in [5.74, 6) is -1.20. The third kappa shape index (κ3) is 5.33. The lowest BCUT2D eigenvalue weighted by molar-refractivity contribution is -0.159. The molecule has 0 radical (unpaired) electrons. The van der Waals surface area contributed by atoms with Crippen LogP contribution in [0, 0.1) is 0 Å². The van der Waals surface area contributed by atoms with Crippen LogP contribution in [-0.4, -0.2) is 52.4 Å². The first-order valence-corrected chi connectivity index (χ1v) is 8.27. The van der Waals surface area contributed by atoms with Gasteiger partial charge < -0.3 is 14.9 Å². The topological polar surface area (TPSA) is 70.0 Å². The van der Waals surface area contributed by atoms with E-state index >= 15 is 0 Å². The molecule has 1 heterocycles. The van der Waals surface area contributed by atoms with Crippen LogP contribution in [0.15, 0.2) is 18.2 Å². The Balaban J connectivity index is 1.76. The predicted molar refractivity (Wildman–Crippen MR) is 89.0 cm³/mol. The van der Waals surface area contributed by atoms with Crippen LogP contribution in [-0.2, 0) is 16.1 Å². The van der Waals surface area contributed by atoms with E-state index in [9.17, 15) is 9.90 Å².